The number of carbonyl (C=O) groups is 1. The fourth-order valence-corrected chi connectivity index (χ4v) is 6.21. The van der Waals surface area contributed by atoms with Crippen molar-refractivity contribution in [2.45, 2.75) is 50.7 Å². The number of nitrogens with two attached hydrogens (primary N) is 2. The van der Waals surface area contributed by atoms with E-state index in [1.165, 1.54) is 21.7 Å². The summed E-state index contributed by atoms with van der Waals surface area (Å²) >= 11 is 0. The zero-order valence-electron chi connectivity index (χ0n) is 23.9. The molecule has 7 nitrogen and oxygen atoms in total. The van der Waals surface area contributed by atoms with Crippen molar-refractivity contribution in [2.24, 2.45) is 11.5 Å². The zero-order valence-corrected chi connectivity index (χ0v) is 23.9. The highest BCUT2D eigenvalue weighted by Gasteiger charge is 2.34. The predicted molar refractivity (Wildman–Crippen MR) is 169 cm³/mol. The fourth-order valence-electron chi connectivity index (χ4n) is 6.21. The molecular weight excluding hydrogens is 508 g/mol. The van der Waals surface area contributed by atoms with Crippen LogP contribution in [0.15, 0.2) is 84.9 Å². The van der Waals surface area contributed by atoms with Crippen molar-refractivity contribution in [3.8, 4) is 0 Å². The van der Waals surface area contributed by atoms with Crippen LogP contribution in [0.5, 0.6) is 0 Å². The molecule has 0 spiro atoms. The van der Waals surface area contributed by atoms with Gasteiger partial charge in [-0.3, -0.25) is 15.1 Å². The van der Waals surface area contributed by atoms with Gasteiger partial charge in [0.2, 0.25) is 5.91 Å². The van der Waals surface area contributed by atoms with Crippen molar-refractivity contribution in [1.29, 1.82) is 5.41 Å². The molecule has 214 valence electrons. The Balaban J connectivity index is 1.25. The van der Waals surface area contributed by atoms with Crippen LogP contribution < -0.4 is 16.8 Å². The van der Waals surface area contributed by atoms with Crippen LogP contribution >= 0.6 is 0 Å². The van der Waals surface area contributed by atoms with Crippen molar-refractivity contribution in [3.63, 3.8) is 0 Å². The summed E-state index contributed by atoms with van der Waals surface area (Å²) in [4.78, 5) is 18.1. The molecule has 0 aromatic heterocycles. The monoisotopic (exact) mass is 550 g/mol. The molecule has 1 aliphatic rings. The summed E-state index contributed by atoms with van der Waals surface area (Å²) in [5.74, 6) is 0.155. The molecule has 7 heteroatoms. The third kappa shape index (κ3) is 7.43. The molecule has 6 N–H and O–H groups in total. The van der Waals surface area contributed by atoms with E-state index in [0.717, 1.165) is 36.8 Å². The average molecular weight is 551 g/mol. The molecule has 4 aromatic carbocycles. The third-order valence-electron chi connectivity index (χ3n) is 8.26. The summed E-state index contributed by atoms with van der Waals surface area (Å²) in [5, 5.41) is 15.2. The van der Waals surface area contributed by atoms with Gasteiger partial charge < -0.3 is 21.7 Å². The van der Waals surface area contributed by atoms with Crippen molar-refractivity contribution in [1.82, 2.24) is 15.1 Å². The lowest BCUT2D eigenvalue weighted by atomic mass is 9.97. The molecule has 0 aliphatic carbocycles. The number of guanidine groups is 1. The highest BCUT2D eigenvalue weighted by Crippen LogP contribution is 2.23. The minimum absolute atomic E-state index is 0.0107. The maximum atomic E-state index is 13.5. The number of hydrogen-bond donors (Lipinski definition) is 4. The first-order chi connectivity index (χ1) is 19.9. The van der Waals surface area contributed by atoms with Crippen molar-refractivity contribution in [3.05, 3.63) is 96.1 Å². The Kier molecular flexibility index (Phi) is 9.17. The molecule has 0 saturated carbocycles. The van der Waals surface area contributed by atoms with Gasteiger partial charge in [0.1, 0.15) is 0 Å². The number of fused-ring (bicyclic) bond motifs is 2. The molecule has 1 saturated heterocycles. The Morgan fingerprint density at radius 1 is 0.927 bits per heavy atom. The molecule has 4 aromatic rings. The molecule has 1 amide bonds. The van der Waals surface area contributed by atoms with E-state index in [9.17, 15) is 4.79 Å². The summed E-state index contributed by atoms with van der Waals surface area (Å²) in [7, 11) is 0. The first kappa shape index (κ1) is 28.6. The van der Waals surface area contributed by atoms with Gasteiger partial charge in [-0.05, 0) is 58.9 Å². The lowest BCUT2D eigenvalue weighted by Gasteiger charge is -2.47. The van der Waals surface area contributed by atoms with Gasteiger partial charge in [-0.15, -0.1) is 0 Å². The van der Waals surface area contributed by atoms with Gasteiger partial charge in [0.15, 0.2) is 5.96 Å². The molecule has 0 unspecified atom stereocenters. The van der Waals surface area contributed by atoms with Gasteiger partial charge in [0.25, 0.3) is 0 Å². The van der Waals surface area contributed by atoms with Crippen LogP contribution in [0.3, 0.4) is 0 Å². The first-order valence-electron chi connectivity index (χ1n) is 14.7. The lowest BCUT2D eigenvalue weighted by Crippen LogP contribution is -2.61. The SMILES string of the molecule is C[C@@H]1CN(C(=O)Cc2ccc3ccccc3c2)C[C@H](CCCNC(=N)N)N1C[C@H](N)Cc1ccc2ccccc2c1. The lowest BCUT2D eigenvalue weighted by molar-refractivity contribution is -0.135. The van der Waals surface area contributed by atoms with Crippen LogP contribution in [-0.4, -0.2) is 66.0 Å². The van der Waals surface area contributed by atoms with E-state index in [2.05, 4.69) is 89.9 Å². The summed E-state index contributed by atoms with van der Waals surface area (Å²) in [5.41, 5.74) is 14.5. The summed E-state index contributed by atoms with van der Waals surface area (Å²) in [6, 6.07) is 29.9. The van der Waals surface area contributed by atoms with E-state index in [0.29, 0.717) is 26.1 Å². The van der Waals surface area contributed by atoms with Crippen LogP contribution in [0.25, 0.3) is 21.5 Å². The van der Waals surface area contributed by atoms with Crippen LogP contribution in [0, 0.1) is 5.41 Å². The van der Waals surface area contributed by atoms with E-state index in [1.54, 1.807) is 0 Å². The number of amides is 1. The van der Waals surface area contributed by atoms with Crippen LogP contribution in [0.1, 0.15) is 30.9 Å². The Bertz CT molecular complexity index is 1500. The Morgan fingerprint density at radius 2 is 1.54 bits per heavy atom. The highest BCUT2D eigenvalue weighted by atomic mass is 16.2. The van der Waals surface area contributed by atoms with Crippen molar-refractivity contribution < 1.29 is 4.79 Å². The van der Waals surface area contributed by atoms with E-state index in [1.807, 2.05) is 17.0 Å². The highest BCUT2D eigenvalue weighted by molar-refractivity contribution is 5.85. The quantitative estimate of drug-likeness (QED) is 0.134. The van der Waals surface area contributed by atoms with E-state index < -0.39 is 0 Å². The van der Waals surface area contributed by atoms with Gasteiger partial charge in [-0.1, -0.05) is 84.9 Å². The van der Waals surface area contributed by atoms with E-state index in [4.69, 9.17) is 16.9 Å². The number of benzene rings is 4. The molecule has 1 heterocycles. The van der Waals surface area contributed by atoms with Gasteiger partial charge in [-0.25, -0.2) is 0 Å². The van der Waals surface area contributed by atoms with Gasteiger partial charge in [0.05, 0.1) is 6.42 Å². The van der Waals surface area contributed by atoms with Gasteiger partial charge in [-0.2, -0.15) is 0 Å². The molecule has 1 aliphatic heterocycles. The zero-order chi connectivity index (χ0) is 28.8. The number of nitrogens with one attached hydrogen (secondary N) is 2. The maximum absolute atomic E-state index is 13.5. The van der Waals surface area contributed by atoms with Crippen LogP contribution in [-0.2, 0) is 17.6 Å². The Labute approximate surface area is 243 Å². The summed E-state index contributed by atoms with van der Waals surface area (Å²) in [6.07, 6.45) is 2.96. The molecule has 3 atom stereocenters. The number of nitrogens with zero attached hydrogens (tertiary/aromatic N) is 2. The van der Waals surface area contributed by atoms with E-state index in [-0.39, 0.29) is 30.0 Å². The second-order valence-electron chi connectivity index (χ2n) is 11.5. The second kappa shape index (κ2) is 13.1. The smallest absolute Gasteiger partial charge is 0.227 e. The molecule has 0 radical (unpaired) electrons. The normalized spacial score (nSPS) is 18.4. The van der Waals surface area contributed by atoms with Crippen LogP contribution in [0.4, 0.5) is 0 Å². The van der Waals surface area contributed by atoms with Crippen molar-refractivity contribution in [2.75, 3.05) is 26.2 Å². The molecule has 1 fully saturated rings. The number of hydrogen-bond acceptors (Lipinski definition) is 4. The Morgan fingerprint density at radius 3 is 2.20 bits per heavy atom. The molecule has 5 rings (SSSR count). The minimum Gasteiger partial charge on any atom is -0.370 e. The van der Waals surface area contributed by atoms with Gasteiger partial charge >= 0.3 is 0 Å². The topological polar surface area (TPSA) is 111 Å². The average Bonchev–Trinajstić information content (AvgIpc) is 2.96. The summed E-state index contributed by atoms with van der Waals surface area (Å²) in [6.45, 7) is 4.99. The first-order valence-corrected chi connectivity index (χ1v) is 14.7. The van der Waals surface area contributed by atoms with Gasteiger partial charge in [0, 0.05) is 44.3 Å². The number of piperazine rings is 1. The number of rotatable bonds is 10. The maximum Gasteiger partial charge on any atom is 0.227 e. The van der Waals surface area contributed by atoms with Crippen LogP contribution in [0.2, 0.25) is 0 Å². The number of carbonyl (C=O) groups excluding carboxylic acids is 1. The summed E-state index contributed by atoms with van der Waals surface area (Å²) < 4.78 is 0. The molecular formula is C34H42N6O. The largest absolute Gasteiger partial charge is 0.370 e. The standard InChI is InChI=1S/C34H42N6O/c1-24-21-39(33(41)20-26-13-15-28-8-3-5-10-30(28)18-26)23-32(11-6-16-38-34(36)37)40(24)22-31(35)19-25-12-14-27-7-2-4-9-29(27)17-25/h2-5,7-10,12-15,17-18,24,31-32H,6,11,16,19-23,35H2,1H3,(H4,36,37,38)/t24-,31-,32+/m1/s1. The fraction of sp³-hybridized carbons (Fsp3) is 0.353. The van der Waals surface area contributed by atoms with E-state index >= 15 is 0 Å². The minimum atomic E-state index is -0.0173. The molecule has 41 heavy (non-hydrogen) atoms. The predicted octanol–water partition coefficient (Wildman–Crippen LogP) is 4.27. The molecule has 0 bridgehead atoms. The second-order valence-corrected chi connectivity index (χ2v) is 11.5. The third-order valence-corrected chi connectivity index (χ3v) is 8.26. The van der Waals surface area contributed by atoms with Crippen molar-refractivity contribution >= 4 is 33.4 Å². The Hall–Kier alpha value is -3.94.